The first-order chi connectivity index (χ1) is 23.0. The molecule has 1 saturated heterocycles. The number of anilines is 1. The number of carbonyl (C=O) groups excluding carboxylic acids is 1. The zero-order valence-corrected chi connectivity index (χ0v) is 28.8. The molecule has 0 spiro atoms. The fourth-order valence-electron chi connectivity index (χ4n) is 6.06. The molecule has 3 heterocycles. The zero-order valence-electron chi connectivity index (χ0n) is 28.8. The van der Waals surface area contributed by atoms with Crippen LogP contribution in [0.4, 0.5) is 10.5 Å². The summed E-state index contributed by atoms with van der Waals surface area (Å²) in [5.74, 6) is 1.08. The van der Waals surface area contributed by atoms with Crippen LogP contribution in [0.25, 0.3) is 0 Å². The number of aromatic nitrogens is 4. The second-order valence-electron chi connectivity index (χ2n) is 13.7. The van der Waals surface area contributed by atoms with Crippen molar-refractivity contribution in [2.24, 2.45) is 5.92 Å². The van der Waals surface area contributed by atoms with Crippen LogP contribution in [0.5, 0.6) is 5.75 Å². The maximum Gasteiger partial charge on any atom is 0.410 e. The lowest BCUT2D eigenvalue weighted by molar-refractivity contribution is -0.154. The molecule has 5 rings (SSSR count). The maximum atomic E-state index is 13.1. The number of fused-ring (bicyclic) bond motifs is 1. The molecule has 0 aliphatic carbocycles. The number of piperidine rings is 1. The van der Waals surface area contributed by atoms with Gasteiger partial charge in [0.05, 0.1) is 38.6 Å². The highest BCUT2D eigenvalue weighted by molar-refractivity contribution is 5.68. The van der Waals surface area contributed by atoms with E-state index in [0.29, 0.717) is 45.9 Å². The largest absolute Gasteiger partial charge is 0.490 e. The monoisotopic (exact) mass is 666 g/mol. The SMILES string of the molecule is COCCCN1CCOc2ccc(CO[C@H]3CN(C(=O)OC(C)(C)C)CC[C@]3(O)c3ccc(COCC(C)Cn4cnnn4)cc3)cc21. The lowest BCUT2D eigenvalue weighted by Gasteiger charge is -2.44. The van der Waals surface area contributed by atoms with E-state index in [0.717, 1.165) is 47.6 Å². The standard InChI is InChI=1S/C35H50N6O7/c1-26(20-41-25-36-37-38-41)22-45-23-27-7-10-29(11-8-27)35(43)13-15-40(33(42)48-34(2,3)4)21-32(35)47-24-28-9-12-31-30(19-28)39(16-18-46-31)14-6-17-44-5/h7-12,19,25-26,32,43H,6,13-18,20-24H2,1-5H3/t26?,32-,35-/m0/s1. The molecule has 1 fully saturated rings. The Hall–Kier alpha value is -3.78. The number of tetrazole rings is 1. The quantitative estimate of drug-likeness (QED) is 0.249. The van der Waals surface area contributed by atoms with Crippen LogP contribution in [0.15, 0.2) is 48.8 Å². The Morgan fingerprint density at radius 2 is 1.92 bits per heavy atom. The van der Waals surface area contributed by atoms with E-state index in [1.807, 2.05) is 57.2 Å². The van der Waals surface area contributed by atoms with E-state index >= 15 is 0 Å². The van der Waals surface area contributed by atoms with Gasteiger partial charge in [0.1, 0.15) is 36.0 Å². The Morgan fingerprint density at radius 1 is 1.12 bits per heavy atom. The molecule has 2 aromatic carbocycles. The Balaban J connectivity index is 1.27. The first kappa shape index (κ1) is 35.5. The lowest BCUT2D eigenvalue weighted by Crippen LogP contribution is -2.56. The number of carbonyl (C=O) groups is 1. The average molecular weight is 667 g/mol. The maximum absolute atomic E-state index is 13.1. The number of ether oxygens (including phenoxy) is 5. The summed E-state index contributed by atoms with van der Waals surface area (Å²) in [5, 5.41) is 23.5. The summed E-state index contributed by atoms with van der Waals surface area (Å²) in [4.78, 5) is 17.0. The van der Waals surface area contributed by atoms with Crippen molar-refractivity contribution < 1.29 is 33.6 Å². The normalized spacial score (nSPS) is 20.2. The average Bonchev–Trinajstić information content (AvgIpc) is 3.57. The van der Waals surface area contributed by atoms with E-state index in [2.05, 4.69) is 33.4 Å². The number of benzene rings is 2. The number of amides is 1. The van der Waals surface area contributed by atoms with Gasteiger partial charge in [-0.2, -0.15) is 0 Å². The summed E-state index contributed by atoms with van der Waals surface area (Å²) in [7, 11) is 1.71. The van der Waals surface area contributed by atoms with E-state index in [1.54, 1.807) is 23.0 Å². The molecule has 0 radical (unpaired) electrons. The third kappa shape index (κ3) is 9.43. The van der Waals surface area contributed by atoms with Gasteiger partial charge in [-0.15, -0.1) is 5.10 Å². The Morgan fingerprint density at radius 3 is 2.65 bits per heavy atom. The highest BCUT2D eigenvalue weighted by Gasteiger charge is 2.45. The number of aliphatic hydroxyl groups is 1. The summed E-state index contributed by atoms with van der Waals surface area (Å²) in [6.07, 6.45) is 1.69. The molecular weight excluding hydrogens is 616 g/mol. The van der Waals surface area contributed by atoms with Crippen molar-refractivity contribution in [1.82, 2.24) is 25.1 Å². The van der Waals surface area contributed by atoms with Crippen molar-refractivity contribution in [2.45, 2.75) is 77.6 Å². The van der Waals surface area contributed by atoms with E-state index in [4.69, 9.17) is 23.7 Å². The summed E-state index contributed by atoms with van der Waals surface area (Å²) >= 11 is 0. The topological polar surface area (TPSA) is 134 Å². The van der Waals surface area contributed by atoms with E-state index in [9.17, 15) is 9.90 Å². The van der Waals surface area contributed by atoms with Gasteiger partial charge in [-0.05, 0) is 72.4 Å². The minimum absolute atomic E-state index is 0.187. The van der Waals surface area contributed by atoms with Crippen LogP contribution in [-0.4, -0.2) is 101 Å². The first-order valence-corrected chi connectivity index (χ1v) is 16.7. The van der Waals surface area contributed by atoms with Crippen molar-refractivity contribution in [3.8, 4) is 5.75 Å². The molecule has 2 aliphatic heterocycles. The van der Waals surface area contributed by atoms with Gasteiger partial charge in [-0.25, -0.2) is 9.48 Å². The van der Waals surface area contributed by atoms with Crippen LogP contribution in [0.2, 0.25) is 0 Å². The number of rotatable bonds is 14. The van der Waals surface area contributed by atoms with Gasteiger partial charge in [0, 0.05) is 39.8 Å². The van der Waals surface area contributed by atoms with Gasteiger partial charge < -0.3 is 38.6 Å². The number of methoxy groups -OCH3 is 1. The highest BCUT2D eigenvalue weighted by atomic mass is 16.6. The lowest BCUT2D eigenvalue weighted by atomic mass is 9.81. The van der Waals surface area contributed by atoms with Crippen molar-refractivity contribution >= 4 is 11.8 Å². The Labute approximate surface area is 283 Å². The molecule has 1 N–H and O–H groups in total. The van der Waals surface area contributed by atoms with Gasteiger partial charge >= 0.3 is 6.09 Å². The predicted molar refractivity (Wildman–Crippen MR) is 179 cm³/mol. The van der Waals surface area contributed by atoms with Crippen LogP contribution in [0.1, 0.15) is 57.2 Å². The van der Waals surface area contributed by atoms with Gasteiger partial charge in [0.2, 0.25) is 0 Å². The number of nitrogens with zero attached hydrogens (tertiary/aromatic N) is 6. The van der Waals surface area contributed by atoms with Crippen LogP contribution < -0.4 is 9.64 Å². The molecule has 262 valence electrons. The summed E-state index contributed by atoms with van der Waals surface area (Å²) in [6, 6.07) is 13.9. The fourth-order valence-corrected chi connectivity index (χ4v) is 6.06. The molecule has 13 heteroatoms. The molecule has 1 aromatic heterocycles. The van der Waals surface area contributed by atoms with Crippen molar-refractivity contribution in [3.05, 3.63) is 65.5 Å². The molecule has 1 amide bonds. The molecule has 2 aliphatic rings. The number of hydrogen-bond donors (Lipinski definition) is 1. The highest BCUT2D eigenvalue weighted by Crippen LogP contribution is 2.37. The van der Waals surface area contributed by atoms with Crippen LogP contribution in [-0.2, 0) is 44.3 Å². The number of likely N-dealkylation sites (tertiary alicyclic amines) is 1. The van der Waals surface area contributed by atoms with Crippen LogP contribution in [0, 0.1) is 5.92 Å². The third-order valence-electron chi connectivity index (χ3n) is 8.56. The molecule has 3 atom stereocenters. The van der Waals surface area contributed by atoms with Crippen LogP contribution >= 0.6 is 0 Å². The van der Waals surface area contributed by atoms with Crippen molar-refractivity contribution in [3.63, 3.8) is 0 Å². The summed E-state index contributed by atoms with van der Waals surface area (Å²) < 4.78 is 31.0. The van der Waals surface area contributed by atoms with E-state index in [-0.39, 0.29) is 19.1 Å². The third-order valence-corrected chi connectivity index (χ3v) is 8.56. The van der Waals surface area contributed by atoms with Gasteiger partial charge in [-0.3, -0.25) is 0 Å². The smallest absolute Gasteiger partial charge is 0.410 e. The first-order valence-electron chi connectivity index (χ1n) is 16.7. The predicted octanol–water partition coefficient (Wildman–Crippen LogP) is 4.18. The molecule has 48 heavy (non-hydrogen) atoms. The van der Waals surface area contributed by atoms with Crippen LogP contribution in [0.3, 0.4) is 0 Å². The van der Waals surface area contributed by atoms with Gasteiger partial charge in [-0.1, -0.05) is 37.3 Å². The van der Waals surface area contributed by atoms with Crippen molar-refractivity contribution in [1.29, 1.82) is 0 Å². The zero-order chi connectivity index (χ0) is 34.1. The van der Waals surface area contributed by atoms with Crippen molar-refractivity contribution in [2.75, 3.05) is 58.0 Å². The van der Waals surface area contributed by atoms with Gasteiger partial charge in [0.25, 0.3) is 0 Å². The summed E-state index contributed by atoms with van der Waals surface area (Å²) in [5.41, 5.74) is 1.75. The minimum atomic E-state index is -1.32. The molecule has 13 nitrogen and oxygen atoms in total. The van der Waals surface area contributed by atoms with E-state index < -0.39 is 23.4 Å². The van der Waals surface area contributed by atoms with Gasteiger partial charge in [0.15, 0.2) is 0 Å². The molecule has 1 unspecified atom stereocenters. The molecule has 0 saturated carbocycles. The summed E-state index contributed by atoms with van der Waals surface area (Å²) in [6.45, 7) is 13.1. The molecule has 3 aromatic rings. The second-order valence-corrected chi connectivity index (χ2v) is 13.7. The Kier molecular flexibility index (Phi) is 11.9. The Bertz CT molecular complexity index is 1450. The second kappa shape index (κ2) is 16.1. The number of hydrogen-bond acceptors (Lipinski definition) is 11. The van der Waals surface area contributed by atoms with E-state index in [1.165, 1.54) is 0 Å². The molecule has 0 bridgehead atoms. The fraction of sp³-hybridized carbons (Fsp3) is 0.600. The molecular formula is C35H50N6O7. The minimum Gasteiger partial charge on any atom is -0.490 e.